The van der Waals surface area contributed by atoms with E-state index in [1.54, 1.807) is 18.2 Å². The molecule has 1 N–H and O–H groups in total. The van der Waals surface area contributed by atoms with Crippen LogP contribution in [0.1, 0.15) is 5.56 Å². The zero-order valence-corrected chi connectivity index (χ0v) is 16.2. The van der Waals surface area contributed by atoms with Gasteiger partial charge in [-0.05, 0) is 47.7 Å². The molecule has 140 valence electrons. The Hall–Kier alpha value is -2.49. The molecular formula is C17H12ClNO6S2. The van der Waals surface area contributed by atoms with Gasteiger partial charge in [0.1, 0.15) is 4.90 Å². The lowest BCUT2D eigenvalue weighted by molar-refractivity contribution is -0.115. The number of nitrogens with one attached hydrogen (secondary N) is 1. The van der Waals surface area contributed by atoms with Crippen LogP contribution in [0.2, 0.25) is 5.02 Å². The molecule has 3 rings (SSSR count). The van der Waals surface area contributed by atoms with E-state index in [4.69, 9.17) is 20.5 Å². The predicted molar refractivity (Wildman–Crippen MR) is 101 cm³/mol. The zero-order chi connectivity index (χ0) is 19.6. The minimum Gasteiger partial charge on any atom is -0.493 e. The van der Waals surface area contributed by atoms with Crippen molar-refractivity contribution in [3.8, 4) is 11.5 Å². The Morgan fingerprint density at radius 2 is 1.85 bits per heavy atom. The van der Waals surface area contributed by atoms with Crippen molar-refractivity contribution in [2.24, 2.45) is 0 Å². The summed E-state index contributed by atoms with van der Waals surface area (Å²) < 4.78 is 35.2. The molecular weight excluding hydrogens is 414 g/mol. The Labute approximate surface area is 164 Å². The SMILES string of the molecule is COc1cc(/C=C2\SC(=O)NC2=O)cc(Cl)c1OS(=O)(=O)c1ccccc1. The second-order valence-electron chi connectivity index (χ2n) is 5.24. The van der Waals surface area contributed by atoms with E-state index in [0.29, 0.717) is 5.56 Å². The summed E-state index contributed by atoms with van der Waals surface area (Å²) in [6.45, 7) is 0. The molecule has 0 radical (unpaired) electrons. The summed E-state index contributed by atoms with van der Waals surface area (Å²) in [6, 6.07) is 10.4. The van der Waals surface area contributed by atoms with Gasteiger partial charge in [0.05, 0.1) is 17.0 Å². The maximum absolute atomic E-state index is 12.4. The van der Waals surface area contributed by atoms with Crippen LogP contribution in [0.4, 0.5) is 4.79 Å². The Kier molecular flexibility index (Phi) is 5.45. The highest BCUT2D eigenvalue weighted by Gasteiger charge is 2.26. The molecule has 7 nitrogen and oxygen atoms in total. The number of carbonyl (C=O) groups is 2. The Bertz CT molecular complexity index is 1050. The first-order valence-corrected chi connectivity index (χ1v) is 10.0. The molecule has 0 bridgehead atoms. The number of imide groups is 1. The molecule has 2 aromatic carbocycles. The summed E-state index contributed by atoms with van der Waals surface area (Å²) in [5.41, 5.74) is 0.439. The summed E-state index contributed by atoms with van der Waals surface area (Å²) in [4.78, 5) is 23.0. The summed E-state index contributed by atoms with van der Waals surface area (Å²) >= 11 is 6.93. The molecule has 1 aliphatic heterocycles. The van der Waals surface area contributed by atoms with Crippen LogP contribution in [0, 0.1) is 0 Å². The van der Waals surface area contributed by atoms with Crippen molar-refractivity contribution in [3.05, 3.63) is 58.0 Å². The Balaban J connectivity index is 1.97. The molecule has 0 aromatic heterocycles. The maximum atomic E-state index is 12.4. The molecule has 0 spiro atoms. The summed E-state index contributed by atoms with van der Waals surface area (Å²) in [6.07, 6.45) is 1.44. The van der Waals surface area contributed by atoms with Gasteiger partial charge in [-0.1, -0.05) is 29.8 Å². The number of halogens is 1. The molecule has 2 amide bonds. The van der Waals surface area contributed by atoms with Gasteiger partial charge in [0.2, 0.25) is 5.75 Å². The highest BCUT2D eigenvalue weighted by molar-refractivity contribution is 8.18. The van der Waals surface area contributed by atoms with Gasteiger partial charge in [-0.15, -0.1) is 0 Å². The molecule has 1 saturated heterocycles. The largest absolute Gasteiger partial charge is 0.493 e. The zero-order valence-electron chi connectivity index (χ0n) is 13.8. The Morgan fingerprint density at radius 3 is 2.44 bits per heavy atom. The van der Waals surface area contributed by atoms with Crippen LogP contribution < -0.4 is 14.2 Å². The summed E-state index contributed by atoms with van der Waals surface area (Å²) in [5, 5.41) is 1.63. The van der Waals surface area contributed by atoms with Crippen LogP contribution in [-0.4, -0.2) is 26.7 Å². The predicted octanol–water partition coefficient (Wildman–Crippen LogP) is 3.44. The standard InChI is InChI=1S/C17H12ClNO6S2/c1-24-13-8-10(9-14-16(20)19-17(21)26-14)7-12(18)15(13)25-27(22,23)11-5-3-2-4-6-11/h2-9H,1H3,(H,19,20,21)/b14-9-. The van der Waals surface area contributed by atoms with Gasteiger partial charge in [0.25, 0.3) is 11.1 Å². The molecule has 1 fully saturated rings. The third-order valence-electron chi connectivity index (χ3n) is 3.42. The molecule has 0 unspecified atom stereocenters. The first-order chi connectivity index (χ1) is 12.8. The van der Waals surface area contributed by atoms with Gasteiger partial charge < -0.3 is 8.92 Å². The highest BCUT2D eigenvalue weighted by Crippen LogP contribution is 2.39. The molecule has 0 aliphatic carbocycles. The second-order valence-corrected chi connectivity index (χ2v) is 8.21. The first-order valence-electron chi connectivity index (χ1n) is 7.42. The third kappa shape index (κ3) is 4.26. The molecule has 10 heteroatoms. The third-order valence-corrected chi connectivity index (χ3v) is 5.74. The number of ether oxygens (including phenoxy) is 1. The number of rotatable bonds is 5. The number of thioether (sulfide) groups is 1. The lowest BCUT2D eigenvalue weighted by Gasteiger charge is -2.13. The molecule has 0 atom stereocenters. The van der Waals surface area contributed by atoms with E-state index in [1.165, 1.54) is 37.5 Å². The van der Waals surface area contributed by atoms with Crippen LogP contribution in [0.3, 0.4) is 0 Å². The number of benzene rings is 2. The molecule has 0 saturated carbocycles. The van der Waals surface area contributed by atoms with E-state index in [9.17, 15) is 18.0 Å². The van der Waals surface area contributed by atoms with Gasteiger partial charge in [0.15, 0.2) is 5.75 Å². The van der Waals surface area contributed by atoms with Crippen molar-refractivity contribution >= 4 is 50.7 Å². The average molecular weight is 426 g/mol. The number of hydrogen-bond acceptors (Lipinski definition) is 7. The summed E-state index contributed by atoms with van der Waals surface area (Å²) in [7, 11) is -2.79. The quantitative estimate of drug-likeness (QED) is 0.578. The van der Waals surface area contributed by atoms with E-state index < -0.39 is 21.3 Å². The van der Waals surface area contributed by atoms with Gasteiger partial charge >= 0.3 is 10.1 Å². The monoisotopic (exact) mass is 425 g/mol. The lowest BCUT2D eigenvalue weighted by atomic mass is 10.2. The number of amides is 2. The van der Waals surface area contributed by atoms with Crippen molar-refractivity contribution in [1.29, 1.82) is 0 Å². The van der Waals surface area contributed by atoms with Gasteiger partial charge in [-0.2, -0.15) is 8.42 Å². The topological polar surface area (TPSA) is 98.8 Å². The molecule has 27 heavy (non-hydrogen) atoms. The Morgan fingerprint density at radius 1 is 1.15 bits per heavy atom. The lowest BCUT2D eigenvalue weighted by Crippen LogP contribution is -2.17. The van der Waals surface area contributed by atoms with Crippen LogP contribution in [0.5, 0.6) is 11.5 Å². The summed E-state index contributed by atoms with van der Waals surface area (Å²) in [5.74, 6) is -0.638. The van der Waals surface area contributed by atoms with Crippen LogP contribution in [0.25, 0.3) is 6.08 Å². The van der Waals surface area contributed by atoms with Crippen molar-refractivity contribution < 1.29 is 26.9 Å². The minimum atomic E-state index is -4.11. The van der Waals surface area contributed by atoms with Crippen molar-refractivity contribution in [2.75, 3.05) is 7.11 Å². The molecule has 1 aliphatic rings. The smallest absolute Gasteiger partial charge is 0.339 e. The average Bonchev–Trinajstić information content (AvgIpc) is 2.94. The highest BCUT2D eigenvalue weighted by atomic mass is 35.5. The van der Waals surface area contributed by atoms with Gasteiger partial charge in [-0.3, -0.25) is 14.9 Å². The van der Waals surface area contributed by atoms with Crippen molar-refractivity contribution in [1.82, 2.24) is 5.32 Å². The first kappa shape index (κ1) is 19.3. The van der Waals surface area contributed by atoms with Crippen molar-refractivity contribution in [2.45, 2.75) is 4.90 Å². The van der Waals surface area contributed by atoms with E-state index in [-0.39, 0.29) is 26.3 Å². The van der Waals surface area contributed by atoms with Gasteiger partial charge in [0, 0.05) is 0 Å². The fourth-order valence-corrected chi connectivity index (χ4v) is 4.19. The normalized spacial score (nSPS) is 15.7. The number of hydrogen-bond donors (Lipinski definition) is 1. The van der Waals surface area contributed by atoms with E-state index in [0.717, 1.165) is 11.8 Å². The second kappa shape index (κ2) is 7.63. The molecule has 2 aromatic rings. The van der Waals surface area contributed by atoms with E-state index in [1.807, 2.05) is 0 Å². The van der Waals surface area contributed by atoms with Crippen molar-refractivity contribution in [3.63, 3.8) is 0 Å². The fraction of sp³-hybridized carbons (Fsp3) is 0.0588. The van der Waals surface area contributed by atoms with Crippen LogP contribution in [-0.2, 0) is 14.9 Å². The van der Waals surface area contributed by atoms with Crippen LogP contribution >= 0.6 is 23.4 Å². The fourth-order valence-electron chi connectivity index (χ4n) is 2.22. The van der Waals surface area contributed by atoms with E-state index in [2.05, 4.69) is 5.32 Å². The molecule has 1 heterocycles. The van der Waals surface area contributed by atoms with Gasteiger partial charge in [-0.25, -0.2) is 0 Å². The number of carbonyl (C=O) groups excluding carboxylic acids is 2. The number of methoxy groups -OCH3 is 1. The van der Waals surface area contributed by atoms with E-state index >= 15 is 0 Å². The maximum Gasteiger partial charge on any atom is 0.339 e. The van der Waals surface area contributed by atoms with Crippen LogP contribution in [0.15, 0.2) is 52.3 Å². The minimum absolute atomic E-state index is 0.0320.